The third-order valence-corrected chi connectivity index (χ3v) is 3.82. The van der Waals surface area contributed by atoms with Gasteiger partial charge in [0.05, 0.1) is 6.20 Å². The minimum absolute atomic E-state index is 0.262. The molecule has 0 radical (unpaired) electrons. The number of hydrogen-bond donors (Lipinski definition) is 0. The normalized spacial score (nSPS) is 15.8. The molecule has 7 heteroatoms. The smallest absolute Gasteiger partial charge is 0.275 e. The summed E-state index contributed by atoms with van der Waals surface area (Å²) >= 11 is 0. The van der Waals surface area contributed by atoms with E-state index in [9.17, 15) is 13.6 Å². The highest BCUT2D eigenvalue weighted by molar-refractivity contribution is 5.92. The van der Waals surface area contributed by atoms with E-state index in [4.69, 9.17) is 0 Å². The number of piperidine rings is 1. The monoisotopic (exact) mass is 304 g/mol. The Labute approximate surface area is 126 Å². The number of likely N-dealkylation sites (tertiary alicyclic amines) is 1. The van der Waals surface area contributed by atoms with Crippen LogP contribution in [0.1, 0.15) is 34.9 Å². The molecule has 1 aliphatic rings. The van der Waals surface area contributed by atoms with E-state index in [1.807, 2.05) is 6.07 Å². The summed E-state index contributed by atoms with van der Waals surface area (Å²) in [7, 11) is 0. The van der Waals surface area contributed by atoms with Gasteiger partial charge >= 0.3 is 0 Å². The number of halogens is 2. The fraction of sp³-hybridized carbons (Fsp3) is 0.333. The molecule has 22 heavy (non-hydrogen) atoms. The molecule has 1 fully saturated rings. The summed E-state index contributed by atoms with van der Waals surface area (Å²) in [5, 5.41) is 0. The number of rotatable bonds is 2. The molecule has 0 atom stereocenters. The minimum Gasteiger partial charge on any atom is -0.337 e. The summed E-state index contributed by atoms with van der Waals surface area (Å²) in [6.07, 6.45) is 5.53. The third-order valence-electron chi connectivity index (χ3n) is 3.82. The summed E-state index contributed by atoms with van der Waals surface area (Å²) in [5.41, 5.74) is 0.620. The summed E-state index contributed by atoms with van der Waals surface area (Å²) in [5.74, 6) is -1.96. The van der Waals surface area contributed by atoms with Crippen molar-refractivity contribution in [1.82, 2.24) is 19.9 Å². The number of pyridine rings is 1. The molecule has 0 N–H and O–H groups in total. The molecule has 2 aromatic heterocycles. The number of carbonyl (C=O) groups is 1. The maximum Gasteiger partial charge on any atom is 0.275 e. The summed E-state index contributed by atoms with van der Waals surface area (Å²) in [4.78, 5) is 25.5. The van der Waals surface area contributed by atoms with E-state index in [0.717, 1.165) is 24.7 Å². The lowest BCUT2D eigenvalue weighted by molar-refractivity contribution is 0.0700. The van der Waals surface area contributed by atoms with Gasteiger partial charge in [-0.25, -0.2) is 23.7 Å². The van der Waals surface area contributed by atoms with Crippen LogP contribution in [0.25, 0.3) is 0 Å². The molecule has 0 spiro atoms. The predicted octanol–water partition coefficient (Wildman–Crippen LogP) is 2.17. The first-order valence-corrected chi connectivity index (χ1v) is 7.01. The van der Waals surface area contributed by atoms with Crippen molar-refractivity contribution in [3.8, 4) is 0 Å². The van der Waals surface area contributed by atoms with E-state index >= 15 is 0 Å². The van der Waals surface area contributed by atoms with E-state index in [2.05, 4.69) is 15.0 Å². The fourth-order valence-corrected chi connectivity index (χ4v) is 2.64. The van der Waals surface area contributed by atoms with Gasteiger partial charge in [-0.15, -0.1) is 0 Å². The maximum absolute atomic E-state index is 13.6. The van der Waals surface area contributed by atoms with E-state index in [1.54, 1.807) is 11.1 Å². The van der Waals surface area contributed by atoms with Crippen molar-refractivity contribution >= 4 is 5.91 Å². The first kappa shape index (κ1) is 14.5. The largest absolute Gasteiger partial charge is 0.337 e. The SMILES string of the molecule is O=C(c1ncc(F)cc1F)N1CCC(c2ccncn2)CC1. The Balaban J connectivity index is 1.67. The van der Waals surface area contributed by atoms with Crippen LogP contribution in [0.4, 0.5) is 8.78 Å². The number of carbonyl (C=O) groups excluding carboxylic acids is 1. The zero-order chi connectivity index (χ0) is 15.5. The van der Waals surface area contributed by atoms with Gasteiger partial charge in [-0.1, -0.05) is 0 Å². The number of amides is 1. The van der Waals surface area contributed by atoms with Crippen LogP contribution < -0.4 is 0 Å². The highest BCUT2D eigenvalue weighted by Crippen LogP contribution is 2.27. The van der Waals surface area contributed by atoms with E-state index < -0.39 is 17.5 Å². The Morgan fingerprint density at radius 3 is 2.64 bits per heavy atom. The topological polar surface area (TPSA) is 59.0 Å². The lowest BCUT2D eigenvalue weighted by Gasteiger charge is -2.31. The lowest BCUT2D eigenvalue weighted by Crippen LogP contribution is -2.38. The van der Waals surface area contributed by atoms with Gasteiger partial charge in [-0.05, 0) is 18.9 Å². The van der Waals surface area contributed by atoms with Crippen LogP contribution in [0, 0.1) is 11.6 Å². The fourth-order valence-electron chi connectivity index (χ4n) is 2.64. The minimum atomic E-state index is -0.928. The van der Waals surface area contributed by atoms with Crippen molar-refractivity contribution in [2.45, 2.75) is 18.8 Å². The van der Waals surface area contributed by atoms with Crippen LogP contribution in [0.2, 0.25) is 0 Å². The first-order valence-electron chi connectivity index (χ1n) is 7.01. The van der Waals surface area contributed by atoms with Gasteiger partial charge in [0.1, 0.15) is 12.1 Å². The van der Waals surface area contributed by atoms with Gasteiger partial charge in [-0.3, -0.25) is 4.79 Å². The number of nitrogens with zero attached hydrogens (tertiary/aromatic N) is 4. The molecule has 0 bridgehead atoms. The summed E-state index contributed by atoms with van der Waals surface area (Å²) < 4.78 is 26.5. The average Bonchev–Trinajstić information content (AvgIpc) is 2.55. The van der Waals surface area contributed by atoms with Crippen LogP contribution in [0.15, 0.2) is 30.9 Å². The van der Waals surface area contributed by atoms with Crippen LogP contribution in [-0.2, 0) is 0 Å². The predicted molar refractivity (Wildman–Crippen MR) is 74.1 cm³/mol. The molecule has 3 heterocycles. The number of hydrogen-bond acceptors (Lipinski definition) is 4. The molecule has 5 nitrogen and oxygen atoms in total. The molecule has 2 aromatic rings. The van der Waals surface area contributed by atoms with E-state index in [-0.39, 0.29) is 11.6 Å². The molecule has 0 saturated carbocycles. The van der Waals surface area contributed by atoms with Gasteiger partial charge in [0.25, 0.3) is 5.91 Å². The first-order chi connectivity index (χ1) is 10.6. The van der Waals surface area contributed by atoms with Crippen LogP contribution in [0.5, 0.6) is 0 Å². The second-order valence-electron chi connectivity index (χ2n) is 5.18. The molecule has 0 aliphatic carbocycles. The Bertz CT molecular complexity index is 672. The van der Waals surface area contributed by atoms with Gasteiger partial charge in [0.2, 0.25) is 0 Å². The molecular weight excluding hydrogens is 290 g/mol. The van der Waals surface area contributed by atoms with Crippen LogP contribution >= 0.6 is 0 Å². The number of aromatic nitrogens is 3. The van der Waals surface area contributed by atoms with Crippen molar-refractivity contribution in [3.05, 3.63) is 53.9 Å². The Morgan fingerprint density at radius 1 is 1.23 bits per heavy atom. The molecular formula is C15H14F2N4O. The van der Waals surface area contributed by atoms with Crippen LogP contribution in [0.3, 0.4) is 0 Å². The quantitative estimate of drug-likeness (QED) is 0.853. The van der Waals surface area contributed by atoms with Crippen molar-refractivity contribution in [2.24, 2.45) is 0 Å². The highest BCUT2D eigenvalue weighted by atomic mass is 19.1. The molecule has 3 rings (SSSR count). The molecule has 0 unspecified atom stereocenters. The summed E-state index contributed by atoms with van der Waals surface area (Å²) in [6.45, 7) is 0.984. The van der Waals surface area contributed by atoms with E-state index in [1.165, 1.54) is 6.33 Å². The molecule has 1 aliphatic heterocycles. The third kappa shape index (κ3) is 2.93. The lowest BCUT2D eigenvalue weighted by atomic mass is 9.93. The van der Waals surface area contributed by atoms with Crippen molar-refractivity contribution in [1.29, 1.82) is 0 Å². The molecule has 1 saturated heterocycles. The van der Waals surface area contributed by atoms with Crippen molar-refractivity contribution in [2.75, 3.05) is 13.1 Å². The van der Waals surface area contributed by atoms with Gasteiger partial charge in [0.15, 0.2) is 11.5 Å². The van der Waals surface area contributed by atoms with Gasteiger partial charge < -0.3 is 4.90 Å². The van der Waals surface area contributed by atoms with Gasteiger partial charge in [-0.2, -0.15) is 0 Å². The maximum atomic E-state index is 13.6. The highest BCUT2D eigenvalue weighted by Gasteiger charge is 2.27. The van der Waals surface area contributed by atoms with Gasteiger partial charge in [0, 0.05) is 37.0 Å². The van der Waals surface area contributed by atoms with Crippen molar-refractivity contribution < 1.29 is 13.6 Å². The molecule has 114 valence electrons. The van der Waals surface area contributed by atoms with Crippen molar-refractivity contribution in [3.63, 3.8) is 0 Å². The molecule has 1 amide bonds. The summed E-state index contributed by atoms with van der Waals surface area (Å²) in [6, 6.07) is 2.54. The standard InChI is InChI=1S/C15H14F2N4O/c16-11-7-12(17)14(19-8-11)15(22)21-5-2-10(3-6-21)13-1-4-18-9-20-13/h1,4,7-10H,2-3,5-6H2. The Morgan fingerprint density at radius 2 is 2.00 bits per heavy atom. The molecule has 0 aromatic carbocycles. The second-order valence-corrected chi connectivity index (χ2v) is 5.18. The van der Waals surface area contributed by atoms with Crippen LogP contribution in [-0.4, -0.2) is 38.8 Å². The average molecular weight is 304 g/mol. The Hall–Kier alpha value is -2.44. The zero-order valence-corrected chi connectivity index (χ0v) is 11.7. The zero-order valence-electron chi connectivity index (χ0n) is 11.7. The van der Waals surface area contributed by atoms with E-state index in [0.29, 0.717) is 19.2 Å². The Kier molecular flexibility index (Phi) is 4.04. The second kappa shape index (κ2) is 6.13.